The molecule has 0 aromatic heterocycles. The van der Waals surface area contributed by atoms with Gasteiger partial charge in [-0.3, -0.25) is 9.59 Å². The van der Waals surface area contributed by atoms with Crippen molar-refractivity contribution in [3.05, 3.63) is 30.0 Å². The van der Waals surface area contributed by atoms with Crippen LogP contribution in [0.2, 0.25) is 0 Å². The number of benzene rings is 1. The van der Waals surface area contributed by atoms with Gasteiger partial charge >= 0.3 is 5.97 Å². The highest BCUT2D eigenvalue weighted by molar-refractivity contribution is 5.97. The molecule has 1 aromatic carbocycles. The number of ether oxygens (including phenoxy) is 2. The second kappa shape index (κ2) is 11.4. The summed E-state index contributed by atoms with van der Waals surface area (Å²) in [6.45, 7) is 0.378. The summed E-state index contributed by atoms with van der Waals surface area (Å²) in [7, 11) is 3.05. The average Bonchev–Trinajstić information content (AvgIpc) is 2.64. The third-order valence-corrected chi connectivity index (χ3v) is 3.50. The first-order valence-electron chi connectivity index (χ1n) is 8.10. The molecule has 0 saturated carbocycles. The Hall–Kier alpha value is -3.21. The smallest absolute Gasteiger partial charge is 0.303 e. The van der Waals surface area contributed by atoms with E-state index in [9.17, 15) is 9.59 Å². The number of aliphatic carboxylic acids is 1. The highest BCUT2D eigenvalue weighted by Gasteiger charge is 2.09. The summed E-state index contributed by atoms with van der Waals surface area (Å²) in [6.07, 6.45) is 3.33. The predicted molar refractivity (Wildman–Crippen MR) is 96.0 cm³/mol. The lowest BCUT2D eigenvalue weighted by Gasteiger charge is -2.10. The molecule has 0 saturated heterocycles. The number of nitrogens with one attached hydrogen (secondary N) is 2. The first kappa shape index (κ1) is 20.8. The van der Waals surface area contributed by atoms with Crippen molar-refractivity contribution in [2.24, 2.45) is 0 Å². The van der Waals surface area contributed by atoms with E-state index >= 15 is 0 Å². The van der Waals surface area contributed by atoms with Crippen LogP contribution in [0.25, 0.3) is 0 Å². The number of nitriles is 1. The Morgan fingerprint density at radius 3 is 2.62 bits per heavy atom. The minimum atomic E-state index is -0.830. The molecule has 3 N–H and O–H groups in total. The van der Waals surface area contributed by atoms with E-state index in [2.05, 4.69) is 10.6 Å². The molecule has 0 aliphatic heterocycles. The first-order valence-corrected chi connectivity index (χ1v) is 8.10. The van der Waals surface area contributed by atoms with E-state index in [0.29, 0.717) is 43.0 Å². The van der Waals surface area contributed by atoms with Crippen molar-refractivity contribution in [2.45, 2.75) is 25.7 Å². The number of anilines is 1. The number of hydrogen-bond donors (Lipinski definition) is 3. The van der Waals surface area contributed by atoms with Gasteiger partial charge in [0, 0.05) is 25.2 Å². The minimum Gasteiger partial charge on any atom is -0.497 e. The largest absolute Gasteiger partial charge is 0.497 e. The summed E-state index contributed by atoms with van der Waals surface area (Å²) >= 11 is 0. The molecule has 0 aliphatic rings. The molecule has 0 unspecified atom stereocenters. The number of methoxy groups -OCH3 is 2. The number of nitrogens with zero attached hydrogens (tertiary/aromatic N) is 1. The van der Waals surface area contributed by atoms with Gasteiger partial charge in [0.2, 0.25) is 0 Å². The van der Waals surface area contributed by atoms with Gasteiger partial charge in [0.15, 0.2) is 0 Å². The number of unbranched alkanes of at least 4 members (excludes halogenated alkanes) is 2. The average molecular weight is 361 g/mol. The topological polar surface area (TPSA) is 121 Å². The Bertz CT molecular complexity index is 695. The van der Waals surface area contributed by atoms with Crippen LogP contribution in [0.15, 0.2) is 30.0 Å². The molecule has 8 nitrogen and oxygen atoms in total. The maximum atomic E-state index is 12.0. The fraction of sp³-hybridized carbons (Fsp3) is 0.389. The number of amides is 1. The molecule has 0 spiro atoms. The molecule has 140 valence electrons. The van der Waals surface area contributed by atoms with Crippen LogP contribution in [0.5, 0.6) is 11.5 Å². The monoisotopic (exact) mass is 361 g/mol. The van der Waals surface area contributed by atoms with Crippen LogP contribution in [0, 0.1) is 11.3 Å². The second-order valence-corrected chi connectivity index (χ2v) is 5.34. The fourth-order valence-corrected chi connectivity index (χ4v) is 2.09. The maximum Gasteiger partial charge on any atom is 0.303 e. The fourth-order valence-electron chi connectivity index (χ4n) is 2.09. The van der Waals surface area contributed by atoms with Crippen LogP contribution in [0.4, 0.5) is 5.69 Å². The minimum absolute atomic E-state index is 0.0755. The first-order chi connectivity index (χ1) is 12.5. The SMILES string of the molecule is COc1ccc(N/C=C(/C#N)C(=O)NCCCCCC(=O)O)c(OC)c1. The van der Waals surface area contributed by atoms with Gasteiger partial charge in [-0.25, -0.2) is 0 Å². The quantitative estimate of drug-likeness (QED) is 0.314. The van der Waals surface area contributed by atoms with Gasteiger partial charge in [0.05, 0.1) is 19.9 Å². The van der Waals surface area contributed by atoms with Crippen LogP contribution in [0.1, 0.15) is 25.7 Å². The van der Waals surface area contributed by atoms with Crippen LogP contribution >= 0.6 is 0 Å². The molecule has 0 fully saturated rings. The van der Waals surface area contributed by atoms with Crippen molar-refractivity contribution >= 4 is 17.6 Å². The van der Waals surface area contributed by atoms with E-state index in [4.69, 9.17) is 19.8 Å². The van der Waals surface area contributed by atoms with Crippen LogP contribution < -0.4 is 20.1 Å². The van der Waals surface area contributed by atoms with Crippen molar-refractivity contribution in [3.63, 3.8) is 0 Å². The lowest BCUT2D eigenvalue weighted by atomic mass is 10.2. The summed E-state index contributed by atoms with van der Waals surface area (Å²) in [5.74, 6) is -0.191. The molecule has 0 bridgehead atoms. The number of carboxylic acid groups (broad SMARTS) is 1. The number of carbonyl (C=O) groups excluding carboxylic acids is 1. The van der Waals surface area contributed by atoms with Gasteiger partial charge < -0.3 is 25.2 Å². The zero-order chi connectivity index (χ0) is 19.4. The number of carbonyl (C=O) groups is 2. The van der Waals surface area contributed by atoms with Gasteiger partial charge in [-0.2, -0.15) is 5.26 Å². The van der Waals surface area contributed by atoms with E-state index in [0.717, 1.165) is 0 Å². The van der Waals surface area contributed by atoms with E-state index in [1.54, 1.807) is 25.3 Å². The van der Waals surface area contributed by atoms with E-state index in [-0.39, 0.29) is 12.0 Å². The highest BCUT2D eigenvalue weighted by atomic mass is 16.5. The third-order valence-electron chi connectivity index (χ3n) is 3.50. The van der Waals surface area contributed by atoms with Gasteiger partial charge in [-0.15, -0.1) is 0 Å². The summed E-state index contributed by atoms with van der Waals surface area (Å²) in [5.41, 5.74) is 0.510. The van der Waals surface area contributed by atoms with Crippen LogP contribution in [0.3, 0.4) is 0 Å². The van der Waals surface area contributed by atoms with E-state index < -0.39 is 11.9 Å². The van der Waals surface area contributed by atoms with Gasteiger partial charge in [0.25, 0.3) is 5.91 Å². The summed E-state index contributed by atoms with van der Waals surface area (Å²) in [4.78, 5) is 22.4. The normalized spacial score (nSPS) is 10.6. The van der Waals surface area contributed by atoms with Crippen molar-refractivity contribution in [1.29, 1.82) is 5.26 Å². The number of rotatable bonds is 11. The molecule has 8 heteroatoms. The molecule has 0 radical (unpaired) electrons. The summed E-state index contributed by atoms with van der Waals surface area (Å²) in [5, 5.41) is 23.2. The van der Waals surface area contributed by atoms with Gasteiger partial charge in [-0.05, 0) is 25.0 Å². The Kier molecular flexibility index (Phi) is 9.10. The van der Waals surface area contributed by atoms with Gasteiger partial charge in [0.1, 0.15) is 23.1 Å². The van der Waals surface area contributed by atoms with Crippen molar-refractivity contribution < 1.29 is 24.2 Å². The zero-order valence-electron chi connectivity index (χ0n) is 14.9. The molecule has 0 aliphatic carbocycles. The molecular weight excluding hydrogens is 338 g/mol. The maximum absolute atomic E-state index is 12.0. The number of hydrogen-bond acceptors (Lipinski definition) is 6. The molecule has 1 aromatic rings. The second-order valence-electron chi connectivity index (χ2n) is 5.34. The lowest BCUT2D eigenvalue weighted by molar-refractivity contribution is -0.137. The Morgan fingerprint density at radius 2 is 2.00 bits per heavy atom. The van der Waals surface area contributed by atoms with Crippen molar-refractivity contribution in [1.82, 2.24) is 5.32 Å². The molecule has 26 heavy (non-hydrogen) atoms. The Morgan fingerprint density at radius 1 is 1.23 bits per heavy atom. The van der Waals surface area contributed by atoms with E-state index in [1.807, 2.05) is 6.07 Å². The van der Waals surface area contributed by atoms with Crippen molar-refractivity contribution in [3.8, 4) is 17.6 Å². The Labute approximate surface area is 152 Å². The molecular formula is C18H23N3O5. The molecule has 1 amide bonds. The lowest BCUT2D eigenvalue weighted by Crippen LogP contribution is -2.26. The summed E-state index contributed by atoms with van der Waals surface area (Å²) < 4.78 is 10.3. The van der Waals surface area contributed by atoms with E-state index in [1.165, 1.54) is 13.3 Å². The predicted octanol–water partition coefficient (Wildman–Crippen LogP) is 2.28. The zero-order valence-corrected chi connectivity index (χ0v) is 14.9. The molecule has 1 rings (SSSR count). The molecule has 0 heterocycles. The van der Waals surface area contributed by atoms with Crippen molar-refractivity contribution in [2.75, 3.05) is 26.1 Å². The van der Waals surface area contributed by atoms with Crippen LogP contribution in [-0.2, 0) is 9.59 Å². The highest BCUT2D eigenvalue weighted by Crippen LogP contribution is 2.29. The molecule has 0 atom stereocenters. The van der Waals surface area contributed by atoms with Crippen LogP contribution in [-0.4, -0.2) is 37.7 Å². The third kappa shape index (κ3) is 7.13. The Balaban J connectivity index is 2.55. The number of carboxylic acids is 1. The standard InChI is InChI=1S/C18H23N3O5/c1-25-14-7-8-15(16(10-14)26-2)21-12-13(11-19)18(24)20-9-5-3-4-6-17(22)23/h7-8,10,12,21H,3-6,9H2,1-2H3,(H,20,24)(H,22,23)/b13-12-. The summed E-state index contributed by atoms with van der Waals surface area (Å²) in [6, 6.07) is 6.96. The van der Waals surface area contributed by atoms with Gasteiger partial charge in [-0.1, -0.05) is 6.42 Å².